The van der Waals surface area contributed by atoms with E-state index < -0.39 is 17.3 Å². The number of aromatic nitrogens is 3. The van der Waals surface area contributed by atoms with Crippen LogP contribution < -0.4 is 0 Å². The molecule has 160 valence electrons. The molecule has 3 aromatic heterocycles. The van der Waals surface area contributed by atoms with Gasteiger partial charge >= 0.3 is 0 Å². The van der Waals surface area contributed by atoms with E-state index in [4.69, 9.17) is 0 Å². The van der Waals surface area contributed by atoms with Gasteiger partial charge in [-0.25, -0.2) is 23.1 Å². The van der Waals surface area contributed by atoms with Crippen molar-refractivity contribution >= 4 is 16.6 Å². The van der Waals surface area contributed by atoms with Crippen molar-refractivity contribution < 1.29 is 13.2 Å². The molecule has 31 heavy (non-hydrogen) atoms. The topological polar surface area (TPSA) is 33.4 Å². The summed E-state index contributed by atoms with van der Waals surface area (Å²) in [5.74, 6) is -1.02. The Balaban J connectivity index is 1.54. The van der Waals surface area contributed by atoms with Crippen LogP contribution >= 0.6 is 0 Å². The molecule has 0 saturated carbocycles. The number of nitrogens with zero attached hydrogens (tertiary/aromatic N) is 4. The maximum absolute atomic E-state index is 15.6. The van der Waals surface area contributed by atoms with Crippen LogP contribution in [0.5, 0.6) is 0 Å². The fraction of sp³-hybridized carbons (Fsp3) is 0.333. The third-order valence-corrected chi connectivity index (χ3v) is 6.26. The molecule has 1 aromatic carbocycles. The third kappa shape index (κ3) is 3.47. The summed E-state index contributed by atoms with van der Waals surface area (Å²) in [5, 5.41) is 0.552. The molecular formula is C24H23F3N4. The van der Waals surface area contributed by atoms with E-state index in [1.165, 1.54) is 12.1 Å². The second-order valence-corrected chi connectivity index (χ2v) is 8.32. The standard InChI is InChI=1S/C24H23F3N4/c1-3-30-8-6-24(27,7-9-30)21-5-4-16-10-17(11-19(25)22(16)29-21)18-12-20(26)23-28-15(2)13-31(23)14-18/h4-5,10-14H,3,6-9H2,1-2H3. The quantitative estimate of drug-likeness (QED) is 0.441. The highest BCUT2D eigenvalue weighted by molar-refractivity contribution is 5.85. The summed E-state index contributed by atoms with van der Waals surface area (Å²) in [4.78, 5) is 10.7. The maximum Gasteiger partial charge on any atom is 0.173 e. The van der Waals surface area contributed by atoms with E-state index in [1.54, 1.807) is 41.9 Å². The molecule has 1 saturated heterocycles. The molecule has 1 aliphatic rings. The Morgan fingerprint density at radius 1 is 0.968 bits per heavy atom. The lowest BCUT2D eigenvalue weighted by molar-refractivity contribution is 0.0550. The highest BCUT2D eigenvalue weighted by atomic mass is 19.1. The Morgan fingerprint density at radius 2 is 1.71 bits per heavy atom. The SMILES string of the molecule is CCN1CCC(F)(c2ccc3cc(-c4cc(F)c5nc(C)cn5c4)cc(F)c3n2)CC1. The van der Waals surface area contributed by atoms with Crippen molar-refractivity contribution in [3.8, 4) is 11.1 Å². The molecule has 5 rings (SSSR count). The maximum atomic E-state index is 15.6. The number of rotatable bonds is 3. The monoisotopic (exact) mass is 424 g/mol. The summed E-state index contributed by atoms with van der Waals surface area (Å²) < 4.78 is 46.7. The fourth-order valence-corrected chi connectivity index (χ4v) is 4.43. The minimum Gasteiger partial charge on any atom is -0.304 e. The molecule has 1 fully saturated rings. The lowest BCUT2D eigenvalue weighted by Gasteiger charge is -2.35. The van der Waals surface area contributed by atoms with E-state index >= 15 is 8.78 Å². The van der Waals surface area contributed by atoms with Crippen LogP contribution in [0, 0.1) is 18.6 Å². The number of fused-ring (bicyclic) bond motifs is 2. The predicted octanol–water partition coefficient (Wildman–Crippen LogP) is 5.42. The van der Waals surface area contributed by atoms with Gasteiger partial charge in [-0.3, -0.25) is 0 Å². The molecule has 0 atom stereocenters. The van der Waals surface area contributed by atoms with Crippen molar-refractivity contribution in [1.29, 1.82) is 0 Å². The zero-order valence-electron chi connectivity index (χ0n) is 17.5. The van der Waals surface area contributed by atoms with Gasteiger partial charge in [0, 0.05) is 36.4 Å². The number of hydrogen-bond acceptors (Lipinski definition) is 3. The van der Waals surface area contributed by atoms with Crippen molar-refractivity contribution in [2.24, 2.45) is 0 Å². The molecule has 0 spiro atoms. The van der Waals surface area contributed by atoms with Crippen molar-refractivity contribution in [1.82, 2.24) is 19.3 Å². The zero-order valence-corrected chi connectivity index (χ0v) is 17.5. The molecule has 4 heterocycles. The number of pyridine rings is 2. The van der Waals surface area contributed by atoms with Gasteiger partial charge in [0.1, 0.15) is 11.3 Å². The highest BCUT2D eigenvalue weighted by Gasteiger charge is 2.37. The Bertz CT molecular complexity index is 1290. The second-order valence-electron chi connectivity index (χ2n) is 8.32. The van der Waals surface area contributed by atoms with Crippen LogP contribution in [0.25, 0.3) is 27.7 Å². The lowest BCUT2D eigenvalue weighted by Crippen LogP contribution is -2.40. The molecule has 0 N–H and O–H groups in total. The van der Waals surface area contributed by atoms with E-state index in [0.29, 0.717) is 48.1 Å². The first-order chi connectivity index (χ1) is 14.9. The first-order valence-electron chi connectivity index (χ1n) is 10.5. The number of imidazole rings is 1. The highest BCUT2D eigenvalue weighted by Crippen LogP contribution is 2.37. The van der Waals surface area contributed by atoms with E-state index in [1.807, 2.05) is 0 Å². The second kappa shape index (κ2) is 7.34. The summed E-state index contributed by atoms with van der Waals surface area (Å²) in [6.07, 6.45) is 4.14. The summed E-state index contributed by atoms with van der Waals surface area (Å²) in [7, 11) is 0. The number of hydrogen-bond donors (Lipinski definition) is 0. The molecule has 4 aromatic rings. The van der Waals surface area contributed by atoms with Gasteiger partial charge < -0.3 is 9.30 Å². The van der Waals surface area contributed by atoms with Gasteiger partial charge in [-0.05, 0) is 56.1 Å². The minimum atomic E-state index is -1.54. The summed E-state index contributed by atoms with van der Waals surface area (Å²) in [6, 6.07) is 7.78. The van der Waals surface area contributed by atoms with Crippen LogP contribution in [0.15, 0.2) is 42.7 Å². The summed E-state index contributed by atoms with van der Waals surface area (Å²) >= 11 is 0. The van der Waals surface area contributed by atoms with Gasteiger partial charge in [-0.1, -0.05) is 13.0 Å². The van der Waals surface area contributed by atoms with E-state index in [9.17, 15) is 4.39 Å². The Kier molecular flexibility index (Phi) is 4.73. The third-order valence-electron chi connectivity index (χ3n) is 6.26. The smallest absolute Gasteiger partial charge is 0.173 e. The Hall–Kier alpha value is -2.93. The molecule has 0 aliphatic carbocycles. The molecule has 1 aliphatic heterocycles. The Morgan fingerprint density at radius 3 is 2.45 bits per heavy atom. The predicted molar refractivity (Wildman–Crippen MR) is 115 cm³/mol. The van der Waals surface area contributed by atoms with Gasteiger partial charge in [0.25, 0.3) is 0 Å². The lowest BCUT2D eigenvalue weighted by atomic mass is 9.89. The largest absolute Gasteiger partial charge is 0.304 e. The summed E-state index contributed by atoms with van der Waals surface area (Å²) in [6.45, 7) is 6.06. The number of halogens is 3. The van der Waals surface area contributed by atoms with Crippen molar-refractivity contribution in [3.63, 3.8) is 0 Å². The first kappa shape index (κ1) is 20.0. The van der Waals surface area contributed by atoms with E-state index in [2.05, 4.69) is 21.8 Å². The van der Waals surface area contributed by atoms with Gasteiger partial charge in [0.05, 0.1) is 11.4 Å². The average Bonchev–Trinajstić information content (AvgIpc) is 3.15. The fourth-order valence-electron chi connectivity index (χ4n) is 4.43. The summed E-state index contributed by atoms with van der Waals surface area (Å²) in [5.41, 5.74) is 0.857. The van der Waals surface area contributed by atoms with Crippen molar-refractivity contribution in [3.05, 3.63) is 65.7 Å². The molecule has 4 nitrogen and oxygen atoms in total. The Labute approximate surface area is 178 Å². The normalized spacial score (nSPS) is 16.9. The molecule has 0 radical (unpaired) electrons. The van der Waals surface area contributed by atoms with E-state index in [-0.39, 0.29) is 16.9 Å². The number of benzene rings is 1. The van der Waals surface area contributed by atoms with Gasteiger partial charge in [-0.2, -0.15) is 0 Å². The van der Waals surface area contributed by atoms with Crippen molar-refractivity contribution in [2.45, 2.75) is 32.4 Å². The first-order valence-corrected chi connectivity index (χ1v) is 10.5. The van der Waals surface area contributed by atoms with Crippen LogP contribution in [0.3, 0.4) is 0 Å². The minimum absolute atomic E-state index is 0.135. The van der Waals surface area contributed by atoms with Crippen LogP contribution in [0.4, 0.5) is 13.2 Å². The van der Waals surface area contributed by atoms with Crippen LogP contribution in [-0.2, 0) is 5.67 Å². The van der Waals surface area contributed by atoms with Crippen LogP contribution in [0.1, 0.15) is 31.2 Å². The average molecular weight is 424 g/mol. The zero-order chi connectivity index (χ0) is 21.8. The van der Waals surface area contributed by atoms with E-state index in [0.717, 1.165) is 6.54 Å². The molecule has 0 bridgehead atoms. The van der Waals surface area contributed by atoms with Gasteiger partial charge in [0.15, 0.2) is 17.1 Å². The number of likely N-dealkylation sites (tertiary alicyclic amines) is 1. The number of alkyl halides is 1. The van der Waals surface area contributed by atoms with Crippen LogP contribution in [0.2, 0.25) is 0 Å². The molecule has 0 unspecified atom stereocenters. The van der Waals surface area contributed by atoms with Gasteiger partial charge in [0.2, 0.25) is 0 Å². The van der Waals surface area contributed by atoms with Gasteiger partial charge in [-0.15, -0.1) is 0 Å². The van der Waals surface area contributed by atoms with Crippen molar-refractivity contribution in [2.75, 3.05) is 19.6 Å². The van der Waals surface area contributed by atoms with Crippen LogP contribution in [-0.4, -0.2) is 38.9 Å². The molecule has 0 amide bonds. The molecule has 7 heteroatoms. The number of piperidine rings is 1. The molecular weight excluding hydrogens is 401 g/mol. The number of aryl methyl sites for hydroxylation is 1.